The lowest BCUT2D eigenvalue weighted by Gasteiger charge is -2.36. The van der Waals surface area contributed by atoms with E-state index >= 15 is 0 Å². The molecule has 2 unspecified atom stereocenters. The van der Waals surface area contributed by atoms with Gasteiger partial charge in [-0.3, -0.25) is 0 Å². The third-order valence-corrected chi connectivity index (χ3v) is 6.21. The van der Waals surface area contributed by atoms with Gasteiger partial charge in [0.25, 0.3) is 0 Å². The maximum Gasteiger partial charge on any atom is 0.171 e. The Morgan fingerprint density at radius 3 is 2.62 bits per heavy atom. The molecule has 0 aliphatic carbocycles. The van der Waals surface area contributed by atoms with Crippen molar-refractivity contribution in [1.29, 1.82) is 0 Å². The van der Waals surface area contributed by atoms with Crippen molar-refractivity contribution in [2.75, 3.05) is 5.32 Å². The number of aryl methyl sites for hydroxylation is 1. The molecule has 1 aromatic heterocycles. The fraction of sp³-hybridized carbons (Fsp3) is 0.476. The van der Waals surface area contributed by atoms with Crippen LogP contribution in [0.4, 0.5) is 5.69 Å². The first kappa shape index (κ1) is 17.6. The molecule has 4 nitrogen and oxygen atoms in total. The first-order valence-corrected chi connectivity index (χ1v) is 10.2. The van der Waals surface area contributed by atoms with Crippen LogP contribution >= 0.6 is 12.2 Å². The Hall–Kier alpha value is -1.85. The number of piperidine rings is 1. The predicted molar refractivity (Wildman–Crippen MR) is 108 cm³/mol. The van der Waals surface area contributed by atoms with Crippen LogP contribution in [-0.2, 0) is 13.0 Å². The van der Waals surface area contributed by atoms with E-state index in [2.05, 4.69) is 47.9 Å². The second-order valence-electron chi connectivity index (χ2n) is 7.58. The number of hydrogen-bond donors (Lipinski definition) is 3. The van der Waals surface area contributed by atoms with Crippen LogP contribution in [0.5, 0.6) is 0 Å². The summed E-state index contributed by atoms with van der Waals surface area (Å²) in [5.41, 5.74) is 2.42. The van der Waals surface area contributed by atoms with Gasteiger partial charge in [0.1, 0.15) is 6.54 Å². The van der Waals surface area contributed by atoms with Gasteiger partial charge in [-0.2, -0.15) is 0 Å². The molecular formula is C21H28N3OS+. The van der Waals surface area contributed by atoms with Crippen LogP contribution in [0.2, 0.25) is 0 Å². The van der Waals surface area contributed by atoms with E-state index in [1.807, 2.05) is 6.07 Å². The predicted octanol–water partition coefficient (Wildman–Crippen LogP) is 2.91. The van der Waals surface area contributed by atoms with Gasteiger partial charge in [-0.1, -0.05) is 25.1 Å². The summed E-state index contributed by atoms with van der Waals surface area (Å²) in [6, 6.07) is 14.4. The summed E-state index contributed by atoms with van der Waals surface area (Å²) in [5, 5.41) is 7.74. The van der Waals surface area contributed by atoms with Gasteiger partial charge in [-0.15, -0.1) is 0 Å². The fourth-order valence-electron chi connectivity index (χ4n) is 4.74. The largest absolute Gasteiger partial charge is 0.463 e. The van der Waals surface area contributed by atoms with Gasteiger partial charge in [0.2, 0.25) is 0 Å². The van der Waals surface area contributed by atoms with E-state index in [-0.39, 0.29) is 0 Å². The van der Waals surface area contributed by atoms with E-state index in [1.54, 1.807) is 11.2 Å². The van der Waals surface area contributed by atoms with E-state index in [1.165, 1.54) is 31.2 Å². The molecular weight excluding hydrogens is 342 g/mol. The van der Waals surface area contributed by atoms with Gasteiger partial charge in [0, 0.05) is 37.4 Å². The number of benzene rings is 1. The average Bonchev–Trinajstić information content (AvgIpc) is 3.22. The number of furan rings is 1. The highest BCUT2D eigenvalue weighted by atomic mass is 32.1. The molecule has 4 rings (SSSR count). The van der Waals surface area contributed by atoms with Crippen molar-refractivity contribution in [3.05, 3.63) is 54.0 Å². The minimum atomic E-state index is 0.474. The highest BCUT2D eigenvalue weighted by Crippen LogP contribution is 2.24. The molecule has 3 N–H and O–H groups in total. The lowest BCUT2D eigenvalue weighted by atomic mass is 9.97. The monoisotopic (exact) mass is 370 g/mol. The molecule has 2 fully saturated rings. The summed E-state index contributed by atoms with van der Waals surface area (Å²) < 4.78 is 5.57. The van der Waals surface area contributed by atoms with Crippen LogP contribution in [0.1, 0.15) is 43.9 Å². The molecule has 0 amide bonds. The molecule has 4 atom stereocenters. The SMILES string of the molecule is CCc1ccccc1NC(=S)NC1C[C@H]2CC[C@@H](C1)[NH+]2Cc1ccco1. The van der Waals surface area contributed by atoms with Gasteiger partial charge in [-0.05, 0) is 42.4 Å². The molecule has 5 heteroatoms. The molecule has 3 heterocycles. The highest BCUT2D eigenvalue weighted by molar-refractivity contribution is 7.80. The van der Waals surface area contributed by atoms with Gasteiger partial charge in [0.15, 0.2) is 10.9 Å². The van der Waals surface area contributed by atoms with Crippen molar-refractivity contribution in [2.45, 2.75) is 63.7 Å². The lowest BCUT2D eigenvalue weighted by molar-refractivity contribution is -0.955. The maximum atomic E-state index is 5.60. The first-order chi connectivity index (χ1) is 12.7. The van der Waals surface area contributed by atoms with Crippen LogP contribution in [-0.4, -0.2) is 23.2 Å². The van der Waals surface area contributed by atoms with Crippen molar-refractivity contribution in [3.63, 3.8) is 0 Å². The number of hydrogen-bond acceptors (Lipinski definition) is 2. The molecule has 2 aliphatic heterocycles. The lowest BCUT2D eigenvalue weighted by Crippen LogP contribution is -3.17. The Labute approximate surface area is 161 Å². The Balaban J connectivity index is 1.33. The normalized spacial score (nSPS) is 27.3. The number of rotatable bonds is 5. The van der Waals surface area contributed by atoms with Gasteiger partial charge in [0.05, 0.1) is 18.3 Å². The molecule has 2 bridgehead atoms. The second kappa shape index (κ2) is 7.80. The minimum absolute atomic E-state index is 0.474. The van der Waals surface area contributed by atoms with E-state index in [4.69, 9.17) is 16.6 Å². The van der Waals surface area contributed by atoms with E-state index < -0.39 is 0 Å². The summed E-state index contributed by atoms with van der Waals surface area (Å²) in [4.78, 5) is 1.70. The van der Waals surface area contributed by atoms with Crippen LogP contribution in [0.3, 0.4) is 0 Å². The zero-order valence-corrected chi connectivity index (χ0v) is 16.1. The zero-order chi connectivity index (χ0) is 17.9. The summed E-state index contributed by atoms with van der Waals surface area (Å²) >= 11 is 5.60. The molecule has 2 aliphatic rings. The molecule has 0 radical (unpaired) electrons. The number of quaternary nitrogens is 1. The van der Waals surface area contributed by atoms with Crippen molar-refractivity contribution in [2.24, 2.45) is 0 Å². The summed E-state index contributed by atoms with van der Waals surface area (Å²) in [6.07, 6.45) is 7.79. The second-order valence-corrected chi connectivity index (χ2v) is 7.99. The molecule has 0 spiro atoms. The van der Waals surface area contributed by atoms with E-state index in [9.17, 15) is 0 Å². The smallest absolute Gasteiger partial charge is 0.171 e. The van der Waals surface area contributed by atoms with Gasteiger partial charge < -0.3 is 20.0 Å². The molecule has 1 aromatic carbocycles. The first-order valence-electron chi connectivity index (χ1n) is 9.76. The number of fused-ring (bicyclic) bond motifs is 2. The average molecular weight is 371 g/mol. The molecule has 138 valence electrons. The quantitative estimate of drug-likeness (QED) is 0.708. The van der Waals surface area contributed by atoms with Crippen LogP contribution in [0.15, 0.2) is 47.1 Å². The van der Waals surface area contributed by atoms with Crippen molar-refractivity contribution in [3.8, 4) is 0 Å². The number of nitrogens with one attached hydrogen (secondary N) is 3. The molecule has 2 saturated heterocycles. The Morgan fingerprint density at radius 1 is 1.15 bits per heavy atom. The summed E-state index contributed by atoms with van der Waals surface area (Å²) in [6.45, 7) is 3.19. The third-order valence-electron chi connectivity index (χ3n) is 5.99. The highest BCUT2D eigenvalue weighted by Gasteiger charge is 2.44. The number of thiocarbonyl (C=S) groups is 1. The summed E-state index contributed by atoms with van der Waals surface area (Å²) in [5.74, 6) is 1.11. The topological polar surface area (TPSA) is 41.6 Å². The van der Waals surface area contributed by atoms with Crippen molar-refractivity contribution < 1.29 is 9.32 Å². The van der Waals surface area contributed by atoms with Crippen LogP contribution in [0.25, 0.3) is 0 Å². The molecule has 26 heavy (non-hydrogen) atoms. The number of anilines is 1. The van der Waals surface area contributed by atoms with Crippen LogP contribution in [0, 0.1) is 0 Å². The van der Waals surface area contributed by atoms with E-state index in [0.717, 1.165) is 29.5 Å². The Kier molecular flexibility index (Phi) is 5.27. The van der Waals surface area contributed by atoms with Crippen LogP contribution < -0.4 is 15.5 Å². The Morgan fingerprint density at radius 2 is 1.92 bits per heavy atom. The number of para-hydroxylation sites is 1. The Bertz CT molecular complexity index is 731. The standard InChI is InChI=1S/C21H27N3OS/c1-2-15-6-3-4-8-20(15)23-21(26)22-16-12-17-9-10-18(13-16)24(17)14-19-7-5-11-25-19/h3-8,11,16-18H,2,9-10,12-14H2,1H3,(H2,22,23,26)/p+1/t16?,17-,18+. The molecule has 2 aromatic rings. The minimum Gasteiger partial charge on any atom is -0.463 e. The van der Waals surface area contributed by atoms with Gasteiger partial charge >= 0.3 is 0 Å². The van der Waals surface area contributed by atoms with Gasteiger partial charge in [-0.25, -0.2) is 0 Å². The van der Waals surface area contributed by atoms with Crippen molar-refractivity contribution >= 4 is 23.0 Å². The summed E-state index contributed by atoms with van der Waals surface area (Å²) in [7, 11) is 0. The van der Waals surface area contributed by atoms with Crippen molar-refractivity contribution in [1.82, 2.24) is 5.32 Å². The maximum absolute atomic E-state index is 5.60. The fourth-order valence-corrected chi connectivity index (χ4v) is 5.02. The third kappa shape index (κ3) is 3.79. The zero-order valence-electron chi connectivity index (χ0n) is 15.3. The molecule has 0 saturated carbocycles. The van der Waals surface area contributed by atoms with E-state index in [0.29, 0.717) is 18.1 Å².